The number of rotatable bonds is 3. The maximum atomic E-state index is 12.6. The lowest BCUT2D eigenvalue weighted by molar-refractivity contribution is -0.121. The SMILES string of the molecule is Cc1ccc(C)c(NC(=S)N2CCCC(C(=O)Nc3ccccc3)C2)c1. The lowest BCUT2D eigenvalue weighted by Gasteiger charge is -2.34. The van der Waals surface area contributed by atoms with Crippen molar-refractivity contribution in [3.63, 3.8) is 0 Å². The topological polar surface area (TPSA) is 44.4 Å². The van der Waals surface area contributed by atoms with Gasteiger partial charge >= 0.3 is 0 Å². The first-order valence-corrected chi connectivity index (χ1v) is 9.43. The summed E-state index contributed by atoms with van der Waals surface area (Å²) in [4.78, 5) is 14.7. The molecule has 0 spiro atoms. The van der Waals surface area contributed by atoms with E-state index in [0.717, 1.165) is 36.3 Å². The van der Waals surface area contributed by atoms with Crippen LogP contribution in [0.5, 0.6) is 0 Å². The molecule has 0 radical (unpaired) electrons. The zero-order chi connectivity index (χ0) is 18.5. The number of carbonyl (C=O) groups excluding carboxylic acids is 1. The van der Waals surface area contributed by atoms with Crippen molar-refractivity contribution in [2.45, 2.75) is 26.7 Å². The lowest BCUT2D eigenvalue weighted by atomic mass is 9.97. The lowest BCUT2D eigenvalue weighted by Crippen LogP contribution is -2.45. The number of nitrogens with zero attached hydrogens (tertiary/aromatic N) is 1. The van der Waals surface area contributed by atoms with E-state index in [4.69, 9.17) is 12.2 Å². The predicted octanol–water partition coefficient (Wildman–Crippen LogP) is 4.35. The Morgan fingerprint density at radius 2 is 1.88 bits per heavy atom. The fourth-order valence-electron chi connectivity index (χ4n) is 3.21. The second-order valence-electron chi connectivity index (χ2n) is 6.89. The molecule has 0 saturated carbocycles. The van der Waals surface area contributed by atoms with E-state index >= 15 is 0 Å². The van der Waals surface area contributed by atoms with Crippen LogP contribution >= 0.6 is 12.2 Å². The minimum atomic E-state index is -0.0534. The molecule has 2 aromatic carbocycles. The van der Waals surface area contributed by atoms with Crippen LogP contribution < -0.4 is 10.6 Å². The van der Waals surface area contributed by atoms with Gasteiger partial charge in [-0.25, -0.2) is 0 Å². The van der Waals surface area contributed by atoms with Gasteiger partial charge < -0.3 is 15.5 Å². The predicted molar refractivity (Wildman–Crippen MR) is 112 cm³/mol. The van der Waals surface area contributed by atoms with Crippen LogP contribution in [0.3, 0.4) is 0 Å². The van der Waals surface area contributed by atoms with Gasteiger partial charge in [0.15, 0.2) is 5.11 Å². The highest BCUT2D eigenvalue weighted by molar-refractivity contribution is 7.80. The van der Waals surface area contributed by atoms with Crippen molar-refractivity contribution >= 4 is 34.6 Å². The number of thiocarbonyl (C=S) groups is 1. The highest BCUT2D eigenvalue weighted by atomic mass is 32.1. The first-order valence-electron chi connectivity index (χ1n) is 9.02. The summed E-state index contributed by atoms with van der Waals surface area (Å²) in [5.41, 5.74) is 4.23. The standard InChI is InChI=1S/C21H25N3OS/c1-15-10-11-16(2)19(13-15)23-21(26)24-12-6-7-17(14-24)20(25)22-18-8-4-3-5-9-18/h3-5,8-11,13,17H,6-7,12,14H2,1-2H3,(H,22,25)(H,23,26). The fourth-order valence-corrected chi connectivity index (χ4v) is 3.48. The van der Waals surface area contributed by atoms with E-state index < -0.39 is 0 Å². The Kier molecular flexibility index (Phi) is 5.89. The number of carbonyl (C=O) groups is 1. The average Bonchev–Trinajstić information content (AvgIpc) is 2.65. The van der Waals surface area contributed by atoms with Crippen LogP contribution in [0.25, 0.3) is 0 Å². The summed E-state index contributed by atoms with van der Waals surface area (Å²) in [6, 6.07) is 15.9. The van der Waals surface area contributed by atoms with Crippen LogP contribution in [0.4, 0.5) is 11.4 Å². The molecule has 4 nitrogen and oxygen atoms in total. The zero-order valence-electron chi connectivity index (χ0n) is 15.3. The highest BCUT2D eigenvalue weighted by Gasteiger charge is 2.27. The van der Waals surface area contributed by atoms with Crippen molar-refractivity contribution in [2.24, 2.45) is 5.92 Å². The van der Waals surface area contributed by atoms with Crippen molar-refractivity contribution in [1.29, 1.82) is 0 Å². The maximum Gasteiger partial charge on any atom is 0.229 e. The van der Waals surface area contributed by atoms with Crippen LogP contribution in [-0.4, -0.2) is 29.0 Å². The molecule has 2 N–H and O–H groups in total. The normalized spacial score (nSPS) is 16.8. The smallest absolute Gasteiger partial charge is 0.229 e. The third-order valence-electron chi connectivity index (χ3n) is 4.76. The number of aryl methyl sites for hydroxylation is 2. The molecule has 0 aliphatic carbocycles. The van der Waals surface area contributed by atoms with Crippen LogP contribution in [-0.2, 0) is 4.79 Å². The van der Waals surface area contributed by atoms with E-state index in [9.17, 15) is 4.79 Å². The quantitative estimate of drug-likeness (QED) is 0.792. The molecule has 1 aliphatic heterocycles. The number of nitrogens with one attached hydrogen (secondary N) is 2. The third kappa shape index (κ3) is 4.61. The van der Waals surface area contributed by atoms with Crippen LogP contribution in [0.2, 0.25) is 0 Å². The Morgan fingerprint density at radius 3 is 2.65 bits per heavy atom. The minimum Gasteiger partial charge on any atom is -0.348 e. The Bertz CT molecular complexity index is 791. The largest absolute Gasteiger partial charge is 0.348 e. The molecule has 2 aromatic rings. The molecule has 0 bridgehead atoms. The Balaban J connectivity index is 1.61. The van der Waals surface area contributed by atoms with Gasteiger partial charge in [-0.1, -0.05) is 30.3 Å². The number of anilines is 2. The zero-order valence-corrected chi connectivity index (χ0v) is 16.1. The second kappa shape index (κ2) is 8.32. The van der Waals surface area contributed by atoms with Gasteiger partial charge in [0.2, 0.25) is 5.91 Å². The molecule has 136 valence electrons. The summed E-state index contributed by atoms with van der Waals surface area (Å²) in [5, 5.41) is 7.05. The number of likely N-dealkylation sites (tertiary alicyclic amines) is 1. The van der Waals surface area contributed by atoms with Gasteiger partial charge in [0.1, 0.15) is 0 Å². The third-order valence-corrected chi connectivity index (χ3v) is 5.12. The molecule has 1 heterocycles. The molecule has 1 saturated heterocycles. The molecule has 0 aromatic heterocycles. The molecule has 1 amide bonds. The maximum absolute atomic E-state index is 12.6. The summed E-state index contributed by atoms with van der Waals surface area (Å²) >= 11 is 5.61. The van der Waals surface area contributed by atoms with Gasteiger partial charge in [-0.05, 0) is 68.2 Å². The molecule has 3 rings (SSSR count). The monoisotopic (exact) mass is 367 g/mol. The number of para-hydroxylation sites is 1. The number of hydrogen-bond donors (Lipinski definition) is 2. The molecule has 1 atom stereocenters. The summed E-state index contributed by atoms with van der Waals surface area (Å²) in [7, 11) is 0. The summed E-state index contributed by atoms with van der Waals surface area (Å²) in [5.74, 6) is 0.0118. The summed E-state index contributed by atoms with van der Waals surface area (Å²) in [6.07, 6.45) is 1.85. The molecule has 1 unspecified atom stereocenters. The van der Waals surface area contributed by atoms with Gasteiger partial charge in [-0.3, -0.25) is 4.79 Å². The molecular weight excluding hydrogens is 342 g/mol. The van der Waals surface area contributed by atoms with Gasteiger partial charge in [0.05, 0.1) is 5.92 Å². The van der Waals surface area contributed by atoms with Gasteiger partial charge in [-0.2, -0.15) is 0 Å². The molecule has 5 heteroatoms. The Labute approximate surface area is 160 Å². The molecular formula is C21H25N3OS. The van der Waals surface area contributed by atoms with Gasteiger partial charge in [0.25, 0.3) is 0 Å². The van der Waals surface area contributed by atoms with Crippen molar-refractivity contribution in [1.82, 2.24) is 4.90 Å². The van der Waals surface area contributed by atoms with E-state index in [2.05, 4.69) is 47.6 Å². The average molecular weight is 368 g/mol. The van der Waals surface area contributed by atoms with Gasteiger partial charge in [0, 0.05) is 24.5 Å². The molecule has 26 heavy (non-hydrogen) atoms. The summed E-state index contributed by atoms with van der Waals surface area (Å²) in [6.45, 7) is 5.66. The van der Waals surface area contributed by atoms with Crippen molar-refractivity contribution < 1.29 is 4.79 Å². The van der Waals surface area contributed by atoms with Crippen LogP contribution in [0.1, 0.15) is 24.0 Å². The van der Waals surface area contributed by atoms with E-state index in [1.807, 2.05) is 30.3 Å². The first kappa shape index (κ1) is 18.4. The Morgan fingerprint density at radius 1 is 1.12 bits per heavy atom. The van der Waals surface area contributed by atoms with E-state index in [1.165, 1.54) is 5.56 Å². The molecule has 1 aliphatic rings. The van der Waals surface area contributed by atoms with E-state index in [1.54, 1.807) is 0 Å². The van der Waals surface area contributed by atoms with E-state index in [-0.39, 0.29) is 11.8 Å². The van der Waals surface area contributed by atoms with Crippen LogP contribution in [0.15, 0.2) is 48.5 Å². The Hall–Kier alpha value is -2.40. The number of benzene rings is 2. The minimum absolute atomic E-state index is 0.0534. The second-order valence-corrected chi connectivity index (χ2v) is 7.28. The van der Waals surface area contributed by atoms with Gasteiger partial charge in [-0.15, -0.1) is 0 Å². The van der Waals surface area contributed by atoms with Crippen molar-refractivity contribution in [2.75, 3.05) is 23.7 Å². The first-order chi connectivity index (χ1) is 12.5. The van der Waals surface area contributed by atoms with E-state index in [0.29, 0.717) is 11.7 Å². The van der Waals surface area contributed by atoms with Crippen molar-refractivity contribution in [3.8, 4) is 0 Å². The number of amides is 1. The van der Waals surface area contributed by atoms with Crippen molar-refractivity contribution in [3.05, 3.63) is 59.7 Å². The fraction of sp³-hybridized carbons (Fsp3) is 0.333. The number of hydrogen-bond acceptors (Lipinski definition) is 2. The van der Waals surface area contributed by atoms with Crippen LogP contribution in [0, 0.1) is 19.8 Å². The summed E-state index contributed by atoms with van der Waals surface area (Å²) < 4.78 is 0. The highest BCUT2D eigenvalue weighted by Crippen LogP contribution is 2.21. The number of piperidine rings is 1. The molecule has 1 fully saturated rings.